The molecule has 124 valence electrons. The summed E-state index contributed by atoms with van der Waals surface area (Å²) in [6, 6.07) is 15.9. The molecule has 0 radical (unpaired) electrons. The van der Waals surface area contributed by atoms with Crippen LogP contribution in [0.15, 0.2) is 54.7 Å². The van der Waals surface area contributed by atoms with Crippen molar-refractivity contribution in [3.63, 3.8) is 0 Å². The van der Waals surface area contributed by atoms with Crippen LogP contribution in [0.1, 0.15) is 18.1 Å². The summed E-state index contributed by atoms with van der Waals surface area (Å²) in [7, 11) is 0. The second-order valence-corrected chi connectivity index (χ2v) is 5.61. The summed E-state index contributed by atoms with van der Waals surface area (Å²) in [5.74, 6) is 0.563. The van der Waals surface area contributed by atoms with E-state index >= 15 is 0 Å². The molecular formula is C20H21NO3. The molecule has 0 spiro atoms. The SMILES string of the molecule is CCc1cccc(OCCOC(=O)Cc2c[nH]c3ccccc23)c1. The van der Waals surface area contributed by atoms with Crippen LogP contribution in [-0.2, 0) is 22.4 Å². The van der Waals surface area contributed by atoms with Crippen molar-refractivity contribution in [3.8, 4) is 5.75 Å². The molecule has 4 heteroatoms. The Morgan fingerprint density at radius 3 is 2.83 bits per heavy atom. The van der Waals surface area contributed by atoms with E-state index in [4.69, 9.17) is 9.47 Å². The predicted octanol–water partition coefficient (Wildman–Crippen LogP) is 3.90. The molecule has 0 unspecified atom stereocenters. The summed E-state index contributed by atoms with van der Waals surface area (Å²) in [6.45, 7) is 2.70. The number of rotatable bonds is 7. The van der Waals surface area contributed by atoms with Gasteiger partial charge in [0.1, 0.15) is 19.0 Å². The van der Waals surface area contributed by atoms with Gasteiger partial charge >= 0.3 is 5.97 Å². The molecule has 1 N–H and O–H groups in total. The molecule has 0 bridgehead atoms. The molecule has 0 aliphatic rings. The zero-order valence-corrected chi connectivity index (χ0v) is 13.7. The lowest BCUT2D eigenvalue weighted by Gasteiger charge is -2.08. The van der Waals surface area contributed by atoms with Crippen molar-refractivity contribution in [1.29, 1.82) is 0 Å². The first-order valence-electron chi connectivity index (χ1n) is 8.18. The minimum atomic E-state index is -0.245. The maximum Gasteiger partial charge on any atom is 0.310 e. The summed E-state index contributed by atoms with van der Waals surface area (Å²) in [5, 5.41) is 1.06. The highest BCUT2D eigenvalue weighted by Gasteiger charge is 2.09. The van der Waals surface area contributed by atoms with Crippen LogP contribution in [-0.4, -0.2) is 24.2 Å². The number of para-hydroxylation sites is 1. The Kier molecular flexibility index (Phi) is 5.16. The van der Waals surface area contributed by atoms with Gasteiger partial charge in [-0.1, -0.05) is 37.3 Å². The molecule has 0 saturated heterocycles. The van der Waals surface area contributed by atoms with E-state index in [0.717, 1.165) is 28.6 Å². The highest BCUT2D eigenvalue weighted by molar-refractivity contribution is 5.87. The fraction of sp³-hybridized carbons (Fsp3) is 0.250. The summed E-state index contributed by atoms with van der Waals surface area (Å²) < 4.78 is 10.9. The van der Waals surface area contributed by atoms with Crippen LogP contribution in [0.3, 0.4) is 0 Å². The number of esters is 1. The van der Waals surface area contributed by atoms with Crippen LogP contribution in [0.2, 0.25) is 0 Å². The molecule has 0 atom stereocenters. The van der Waals surface area contributed by atoms with Gasteiger partial charge in [0.05, 0.1) is 6.42 Å². The zero-order chi connectivity index (χ0) is 16.8. The van der Waals surface area contributed by atoms with Crippen molar-refractivity contribution in [2.24, 2.45) is 0 Å². The Morgan fingerprint density at radius 1 is 1.08 bits per heavy atom. The topological polar surface area (TPSA) is 51.3 Å². The average molecular weight is 323 g/mol. The lowest BCUT2D eigenvalue weighted by atomic mass is 10.1. The third-order valence-corrected chi connectivity index (χ3v) is 3.93. The molecule has 24 heavy (non-hydrogen) atoms. The van der Waals surface area contributed by atoms with Crippen molar-refractivity contribution < 1.29 is 14.3 Å². The van der Waals surface area contributed by atoms with E-state index in [1.54, 1.807) is 0 Å². The first kappa shape index (κ1) is 16.1. The van der Waals surface area contributed by atoms with Gasteiger partial charge in [-0.2, -0.15) is 0 Å². The second kappa shape index (κ2) is 7.68. The molecule has 1 aromatic heterocycles. The highest BCUT2D eigenvalue weighted by Crippen LogP contribution is 2.18. The van der Waals surface area contributed by atoms with E-state index in [0.29, 0.717) is 6.61 Å². The summed E-state index contributed by atoms with van der Waals surface area (Å²) >= 11 is 0. The lowest BCUT2D eigenvalue weighted by molar-refractivity contribution is -0.143. The maximum atomic E-state index is 12.0. The number of aryl methyl sites for hydroxylation is 1. The van der Waals surface area contributed by atoms with Crippen molar-refractivity contribution in [2.45, 2.75) is 19.8 Å². The van der Waals surface area contributed by atoms with E-state index < -0.39 is 0 Å². The Hall–Kier alpha value is -2.75. The number of ether oxygens (including phenoxy) is 2. The quantitative estimate of drug-likeness (QED) is 0.530. The molecule has 4 nitrogen and oxygen atoms in total. The van der Waals surface area contributed by atoms with Crippen molar-refractivity contribution >= 4 is 16.9 Å². The fourth-order valence-electron chi connectivity index (χ4n) is 2.65. The van der Waals surface area contributed by atoms with E-state index in [-0.39, 0.29) is 19.0 Å². The summed E-state index contributed by atoms with van der Waals surface area (Å²) in [5.41, 5.74) is 3.20. The Balaban J connectivity index is 1.46. The molecule has 0 fully saturated rings. The first-order chi connectivity index (χ1) is 11.8. The minimum Gasteiger partial charge on any atom is -0.490 e. The smallest absolute Gasteiger partial charge is 0.310 e. The van der Waals surface area contributed by atoms with Crippen LogP contribution in [0.5, 0.6) is 5.75 Å². The van der Waals surface area contributed by atoms with Gasteiger partial charge in [0, 0.05) is 17.1 Å². The first-order valence-corrected chi connectivity index (χ1v) is 8.18. The summed E-state index contributed by atoms with van der Waals surface area (Å²) in [6.07, 6.45) is 3.09. The normalized spacial score (nSPS) is 10.7. The monoisotopic (exact) mass is 323 g/mol. The van der Waals surface area contributed by atoms with Gasteiger partial charge in [-0.05, 0) is 35.7 Å². The fourth-order valence-corrected chi connectivity index (χ4v) is 2.65. The largest absolute Gasteiger partial charge is 0.490 e. The average Bonchev–Trinajstić information content (AvgIpc) is 3.02. The molecule has 0 aliphatic heterocycles. The number of carbonyl (C=O) groups is 1. The number of carbonyl (C=O) groups excluding carboxylic acids is 1. The van der Waals surface area contributed by atoms with Gasteiger partial charge in [-0.25, -0.2) is 0 Å². The van der Waals surface area contributed by atoms with Gasteiger partial charge < -0.3 is 14.5 Å². The van der Waals surface area contributed by atoms with Crippen LogP contribution in [0.4, 0.5) is 0 Å². The third-order valence-electron chi connectivity index (χ3n) is 3.93. The molecule has 3 aromatic rings. The number of aromatic nitrogens is 1. The van der Waals surface area contributed by atoms with Crippen LogP contribution >= 0.6 is 0 Å². The van der Waals surface area contributed by atoms with Crippen molar-refractivity contribution in [3.05, 3.63) is 65.9 Å². The van der Waals surface area contributed by atoms with Crippen LogP contribution < -0.4 is 4.74 Å². The number of aromatic amines is 1. The number of hydrogen-bond donors (Lipinski definition) is 1. The molecule has 2 aromatic carbocycles. The van der Waals surface area contributed by atoms with Crippen LogP contribution in [0, 0.1) is 0 Å². The standard InChI is InChI=1S/C20H21NO3/c1-2-15-6-5-7-17(12-15)23-10-11-24-20(22)13-16-14-21-19-9-4-3-8-18(16)19/h3-9,12,14,21H,2,10-11,13H2,1H3. The predicted molar refractivity (Wildman–Crippen MR) is 94.3 cm³/mol. The molecule has 0 saturated carbocycles. The number of fused-ring (bicyclic) bond motifs is 1. The Bertz CT molecular complexity index is 822. The van der Waals surface area contributed by atoms with Gasteiger partial charge in [0.25, 0.3) is 0 Å². The third kappa shape index (κ3) is 3.96. The number of H-pyrrole nitrogens is 1. The molecule has 0 amide bonds. The Morgan fingerprint density at radius 2 is 1.96 bits per heavy atom. The summed E-state index contributed by atoms with van der Waals surface area (Å²) in [4.78, 5) is 15.1. The van der Waals surface area contributed by atoms with Gasteiger partial charge in [-0.15, -0.1) is 0 Å². The molecular weight excluding hydrogens is 302 g/mol. The van der Waals surface area contributed by atoms with E-state index in [2.05, 4.69) is 18.0 Å². The van der Waals surface area contributed by atoms with Crippen molar-refractivity contribution in [2.75, 3.05) is 13.2 Å². The van der Waals surface area contributed by atoms with Crippen LogP contribution in [0.25, 0.3) is 10.9 Å². The van der Waals surface area contributed by atoms with Crippen molar-refractivity contribution in [1.82, 2.24) is 4.98 Å². The van der Waals surface area contributed by atoms with Gasteiger partial charge in [0.2, 0.25) is 0 Å². The number of hydrogen-bond acceptors (Lipinski definition) is 3. The highest BCUT2D eigenvalue weighted by atomic mass is 16.6. The van der Waals surface area contributed by atoms with Gasteiger partial charge in [0.15, 0.2) is 0 Å². The van der Waals surface area contributed by atoms with Gasteiger partial charge in [-0.3, -0.25) is 4.79 Å². The van der Waals surface area contributed by atoms with E-state index in [9.17, 15) is 4.79 Å². The Labute approximate surface area is 141 Å². The molecule has 1 heterocycles. The minimum absolute atomic E-state index is 0.245. The zero-order valence-electron chi connectivity index (χ0n) is 13.7. The lowest BCUT2D eigenvalue weighted by Crippen LogP contribution is -2.13. The molecule has 0 aliphatic carbocycles. The number of benzene rings is 2. The second-order valence-electron chi connectivity index (χ2n) is 5.61. The van der Waals surface area contributed by atoms with E-state index in [1.165, 1.54) is 5.56 Å². The maximum absolute atomic E-state index is 12.0. The molecule has 3 rings (SSSR count). The van der Waals surface area contributed by atoms with E-state index in [1.807, 2.05) is 48.7 Å². The number of nitrogens with one attached hydrogen (secondary N) is 1.